The van der Waals surface area contributed by atoms with Crippen LogP contribution in [0.2, 0.25) is 0 Å². The van der Waals surface area contributed by atoms with Crippen LogP contribution in [-0.4, -0.2) is 277 Å². The third kappa shape index (κ3) is 13.1. The Balaban J connectivity index is 1.46. The van der Waals surface area contributed by atoms with Crippen LogP contribution in [0.5, 0.6) is 0 Å². The molecule has 24 atom stereocenters. The molecule has 0 aromatic heterocycles. The first-order valence-electron chi connectivity index (χ1n) is 20.9. The van der Waals surface area contributed by atoms with Crippen molar-refractivity contribution in [3.63, 3.8) is 0 Å². The molecule has 0 aliphatic carbocycles. The molecule has 0 aromatic carbocycles. The molecule has 4 heterocycles. The lowest BCUT2D eigenvalue weighted by Gasteiger charge is -2.49. The normalized spacial score (nSPS) is 43.4. The zero-order chi connectivity index (χ0) is 46.9. The maximum atomic E-state index is 11.3. The third-order valence-corrected chi connectivity index (χ3v) is 11.3. The zero-order valence-corrected chi connectivity index (χ0v) is 35.2. The van der Waals surface area contributed by atoms with Crippen LogP contribution in [0.3, 0.4) is 0 Å². The summed E-state index contributed by atoms with van der Waals surface area (Å²) in [6.45, 7) is 1.52. The van der Waals surface area contributed by atoms with Gasteiger partial charge < -0.3 is 130 Å². The molecule has 4 rings (SSSR count). The molecule has 0 bridgehead atoms. The van der Waals surface area contributed by atoms with E-state index in [-0.39, 0.29) is 38.9 Å². The highest BCUT2D eigenvalue weighted by Gasteiger charge is 2.56. The Morgan fingerprint density at radius 1 is 0.508 bits per heavy atom. The van der Waals surface area contributed by atoms with Crippen LogP contribution in [0, 0.1) is 5.92 Å². The topological polar surface area (TPSA) is 422 Å². The molecule has 0 amide bonds. The fourth-order valence-electron chi connectivity index (χ4n) is 7.71. The van der Waals surface area contributed by atoms with E-state index in [1.807, 2.05) is 0 Å². The Morgan fingerprint density at radius 2 is 0.937 bits per heavy atom. The zero-order valence-electron chi connectivity index (χ0n) is 35.2. The standard InChI is InChI=1S/C37H69NO25/c1-13(2)29(55-8-6-39)28(53)30(14(3)43)60-35-25(50)21(46)31(16(10-41)57-35)61-36-26(51)22(47)32(17(11-42)58-36)62-37-27(52)23(48)33(18(59-37)12-54-7-4-5-38)63-34-24(49)20(45)19(44)15(9-40)56-34/h13-37,39-53H,4-12,38H2,1-3H3. The van der Waals surface area contributed by atoms with Gasteiger partial charge in [0.1, 0.15) is 110 Å². The third-order valence-electron chi connectivity index (χ3n) is 11.3. The highest BCUT2D eigenvalue weighted by atomic mass is 16.8. The molecule has 0 saturated carbocycles. The Kier molecular flexibility index (Phi) is 22.0. The van der Waals surface area contributed by atoms with Gasteiger partial charge in [0, 0.05) is 6.61 Å². The van der Waals surface area contributed by atoms with E-state index in [9.17, 15) is 76.6 Å². The molecular weight excluding hydrogens is 858 g/mol. The van der Waals surface area contributed by atoms with Crippen molar-refractivity contribution >= 4 is 0 Å². The molecule has 63 heavy (non-hydrogen) atoms. The van der Waals surface area contributed by atoms with Crippen LogP contribution in [0.25, 0.3) is 0 Å². The van der Waals surface area contributed by atoms with Crippen LogP contribution in [0.4, 0.5) is 0 Å². The Morgan fingerprint density at radius 3 is 1.38 bits per heavy atom. The second-order valence-corrected chi connectivity index (χ2v) is 16.3. The molecule has 17 N–H and O–H groups in total. The summed E-state index contributed by atoms with van der Waals surface area (Å²) < 4.78 is 56.8. The number of aliphatic hydroxyl groups excluding tert-OH is 15. The van der Waals surface area contributed by atoms with E-state index in [0.717, 1.165) is 0 Å². The fraction of sp³-hybridized carbons (Fsp3) is 1.00. The average molecular weight is 928 g/mol. The van der Waals surface area contributed by atoms with Gasteiger partial charge in [-0.3, -0.25) is 0 Å². The van der Waals surface area contributed by atoms with Crippen molar-refractivity contribution in [1.82, 2.24) is 0 Å². The van der Waals surface area contributed by atoms with Crippen LogP contribution in [0.1, 0.15) is 27.2 Å². The molecule has 4 saturated heterocycles. The highest BCUT2D eigenvalue weighted by molar-refractivity contribution is 4.98. The molecule has 26 heteroatoms. The molecule has 0 spiro atoms. The lowest BCUT2D eigenvalue weighted by atomic mass is 9.94. The minimum atomic E-state index is -2.08. The minimum Gasteiger partial charge on any atom is -0.394 e. The Labute approximate surface area is 362 Å². The molecule has 24 unspecified atom stereocenters. The second-order valence-electron chi connectivity index (χ2n) is 16.3. The van der Waals surface area contributed by atoms with Crippen molar-refractivity contribution in [2.75, 3.05) is 52.8 Å². The predicted molar refractivity (Wildman–Crippen MR) is 203 cm³/mol. The number of aliphatic hydroxyl groups is 15. The molecule has 4 aliphatic heterocycles. The molecule has 26 nitrogen and oxygen atoms in total. The van der Waals surface area contributed by atoms with E-state index in [1.54, 1.807) is 13.8 Å². The average Bonchev–Trinajstić information content (AvgIpc) is 3.25. The highest BCUT2D eigenvalue weighted by Crippen LogP contribution is 2.35. The summed E-state index contributed by atoms with van der Waals surface area (Å²) in [5.74, 6) is -0.345. The van der Waals surface area contributed by atoms with Gasteiger partial charge in [-0.15, -0.1) is 0 Å². The number of ether oxygens (including phenoxy) is 10. The maximum absolute atomic E-state index is 11.3. The maximum Gasteiger partial charge on any atom is 0.187 e. The predicted octanol–water partition coefficient (Wildman–Crippen LogP) is -9.21. The monoisotopic (exact) mass is 927 g/mol. The molecule has 0 radical (unpaired) electrons. The van der Waals surface area contributed by atoms with Gasteiger partial charge in [0.15, 0.2) is 25.2 Å². The van der Waals surface area contributed by atoms with Gasteiger partial charge in [-0.05, 0) is 25.8 Å². The molecule has 4 fully saturated rings. The molecule has 372 valence electrons. The van der Waals surface area contributed by atoms with Crippen molar-refractivity contribution in [3.05, 3.63) is 0 Å². The van der Waals surface area contributed by atoms with E-state index in [4.69, 9.17) is 53.1 Å². The first-order chi connectivity index (χ1) is 29.9. The lowest BCUT2D eigenvalue weighted by molar-refractivity contribution is -0.390. The summed E-state index contributed by atoms with van der Waals surface area (Å²) >= 11 is 0. The summed E-state index contributed by atoms with van der Waals surface area (Å²) in [4.78, 5) is 0. The van der Waals surface area contributed by atoms with Crippen LogP contribution < -0.4 is 5.73 Å². The van der Waals surface area contributed by atoms with E-state index >= 15 is 0 Å². The summed E-state index contributed by atoms with van der Waals surface area (Å²) in [6, 6.07) is 0. The van der Waals surface area contributed by atoms with Crippen LogP contribution in [-0.2, 0) is 47.4 Å². The summed E-state index contributed by atoms with van der Waals surface area (Å²) in [5.41, 5.74) is 5.54. The molecule has 4 aliphatic rings. The van der Waals surface area contributed by atoms with Crippen molar-refractivity contribution in [2.45, 2.75) is 174 Å². The van der Waals surface area contributed by atoms with Gasteiger partial charge in [0.2, 0.25) is 0 Å². The minimum absolute atomic E-state index is 0.0943. The van der Waals surface area contributed by atoms with E-state index < -0.39 is 167 Å². The van der Waals surface area contributed by atoms with Gasteiger partial charge in [-0.25, -0.2) is 0 Å². The van der Waals surface area contributed by atoms with Crippen molar-refractivity contribution < 1.29 is 124 Å². The number of hydrogen-bond donors (Lipinski definition) is 16. The van der Waals surface area contributed by atoms with Gasteiger partial charge in [0.25, 0.3) is 0 Å². The van der Waals surface area contributed by atoms with Crippen molar-refractivity contribution in [2.24, 2.45) is 11.7 Å². The van der Waals surface area contributed by atoms with Crippen molar-refractivity contribution in [3.8, 4) is 0 Å². The number of nitrogens with two attached hydrogens (primary N) is 1. The smallest absolute Gasteiger partial charge is 0.187 e. The van der Waals surface area contributed by atoms with E-state index in [2.05, 4.69) is 0 Å². The SMILES string of the molecule is CC(C)C(OCCO)C(O)C(OC1OC(CO)C(OC2OC(CO)C(OC3OC(COCCCN)C(OC4OC(CO)C(O)C(O)C4O)C(O)C3O)C(O)C2O)C(O)C1O)C(C)O. The fourth-order valence-corrected chi connectivity index (χ4v) is 7.71. The van der Waals surface area contributed by atoms with Crippen LogP contribution >= 0.6 is 0 Å². The van der Waals surface area contributed by atoms with Gasteiger partial charge in [-0.1, -0.05) is 13.8 Å². The Bertz CT molecular complexity index is 1290. The van der Waals surface area contributed by atoms with E-state index in [1.165, 1.54) is 6.92 Å². The number of hydrogen-bond acceptors (Lipinski definition) is 26. The molecule has 0 aromatic rings. The van der Waals surface area contributed by atoms with Gasteiger partial charge in [-0.2, -0.15) is 0 Å². The summed E-state index contributed by atoms with van der Waals surface area (Å²) in [5, 5.41) is 159. The first-order valence-corrected chi connectivity index (χ1v) is 20.9. The summed E-state index contributed by atoms with van der Waals surface area (Å²) in [6.07, 6.45) is -40.9. The van der Waals surface area contributed by atoms with Gasteiger partial charge >= 0.3 is 0 Å². The first kappa shape index (κ1) is 54.6. The van der Waals surface area contributed by atoms with Crippen LogP contribution in [0.15, 0.2) is 0 Å². The van der Waals surface area contributed by atoms with Crippen molar-refractivity contribution in [1.29, 1.82) is 0 Å². The molecular formula is C37H69NO25. The number of rotatable bonds is 23. The summed E-state index contributed by atoms with van der Waals surface area (Å²) in [7, 11) is 0. The quantitative estimate of drug-likeness (QED) is 0.0423. The second kappa shape index (κ2) is 25.4. The largest absolute Gasteiger partial charge is 0.394 e. The van der Waals surface area contributed by atoms with E-state index in [0.29, 0.717) is 6.42 Å². The lowest BCUT2D eigenvalue weighted by Crippen LogP contribution is -2.67. The Hall–Kier alpha value is -1.04. The van der Waals surface area contributed by atoms with Gasteiger partial charge in [0.05, 0.1) is 51.8 Å².